The number of aryl methyl sites for hydroxylation is 1. The van der Waals surface area contributed by atoms with E-state index >= 15 is 0 Å². The lowest BCUT2D eigenvalue weighted by atomic mass is 10.1. The van der Waals surface area contributed by atoms with Crippen molar-refractivity contribution in [1.82, 2.24) is 14.9 Å². The van der Waals surface area contributed by atoms with Gasteiger partial charge < -0.3 is 9.64 Å². The molecule has 0 atom stereocenters. The van der Waals surface area contributed by atoms with Crippen LogP contribution in [0.4, 0.5) is 0 Å². The summed E-state index contributed by atoms with van der Waals surface area (Å²) >= 11 is 0. The van der Waals surface area contributed by atoms with E-state index in [1.54, 1.807) is 12.4 Å². The van der Waals surface area contributed by atoms with Crippen molar-refractivity contribution in [3.05, 3.63) is 77.7 Å². The molecule has 1 aliphatic heterocycles. The van der Waals surface area contributed by atoms with Crippen LogP contribution in [0, 0.1) is 6.92 Å². The van der Waals surface area contributed by atoms with Crippen LogP contribution in [-0.2, 0) is 6.54 Å². The molecular weight excluding hydrogens is 326 g/mol. The van der Waals surface area contributed by atoms with Crippen LogP contribution in [0.3, 0.4) is 0 Å². The van der Waals surface area contributed by atoms with Gasteiger partial charge in [-0.1, -0.05) is 30.3 Å². The molecule has 2 aromatic carbocycles. The Balaban J connectivity index is 1.61. The van der Waals surface area contributed by atoms with Gasteiger partial charge in [0.25, 0.3) is 5.91 Å². The van der Waals surface area contributed by atoms with Crippen molar-refractivity contribution >= 4 is 5.91 Å². The first kappa shape index (κ1) is 16.3. The monoisotopic (exact) mass is 345 g/mol. The molecule has 0 radical (unpaired) electrons. The highest BCUT2D eigenvalue weighted by molar-refractivity contribution is 5.95. The van der Waals surface area contributed by atoms with E-state index in [2.05, 4.69) is 9.97 Å². The van der Waals surface area contributed by atoms with Gasteiger partial charge in [-0.25, -0.2) is 4.98 Å². The largest absolute Gasteiger partial charge is 0.491 e. The fraction of sp³-hybridized carbons (Fsp3) is 0.190. The van der Waals surface area contributed by atoms with Gasteiger partial charge in [-0.05, 0) is 25.1 Å². The number of carbonyl (C=O) groups is 1. The van der Waals surface area contributed by atoms with Crippen molar-refractivity contribution in [2.75, 3.05) is 13.2 Å². The first-order chi connectivity index (χ1) is 12.7. The molecule has 4 rings (SSSR count). The zero-order valence-electron chi connectivity index (χ0n) is 14.6. The molecule has 2 heterocycles. The first-order valence-corrected chi connectivity index (χ1v) is 8.60. The van der Waals surface area contributed by atoms with E-state index in [0.29, 0.717) is 25.3 Å². The summed E-state index contributed by atoms with van der Waals surface area (Å²) in [6.07, 6.45) is 3.43. The molecule has 5 heteroatoms. The summed E-state index contributed by atoms with van der Waals surface area (Å²) in [6.45, 7) is 3.50. The van der Waals surface area contributed by atoms with E-state index in [-0.39, 0.29) is 5.91 Å². The van der Waals surface area contributed by atoms with Gasteiger partial charge >= 0.3 is 0 Å². The Labute approximate surface area is 152 Å². The lowest BCUT2D eigenvalue weighted by Gasteiger charge is -2.20. The van der Waals surface area contributed by atoms with Gasteiger partial charge in [0.2, 0.25) is 0 Å². The second-order valence-corrected chi connectivity index (χ2v) is 6.31. The van der Waals surface area contributed by atoms with Crippen LogP contribution in [0.2, 0.25) is 0 Å². The quantitative estimate of drug-likeness (QED) is 0.713. The summed E-state index contributed by atoms with van der Waals surface area (Å²) in [5.41, 5.74) is 4.17. The van der Waals surface area contributed by atoms with Crippen LogP contribution in [0.15, 0.2) is 60.9 Å². The van der Waals surface area contributed by atoms with E-state index in [0.717, 1.165) is 28.3 Å². The van der Waals surface area contributed by atoms with Crippen LogP contribution < -0.4 is 4.74 Å². The van der Waals surface area contributed by atoms with E-state index in [1.807, 2.05) is 60.4 Å². The highest BCUT2D eigenvalue weighted by Crippen LogP contribution is 2.24. The summed E-state index contributed by atoms with van der Waals surface area (Å²) in [4.78, 5) is 23.6. The second-order valence-electron chi connectivity index (χ2n) is 6.31. The fourth-order valence-corrected chi connectivity index (χ4v) is 3.10. The Kier molecular flexibility index (Phi) is 4.35. The molecule has 1 aromatic heterocycles. The maximum absolute atomic E-state index is 13.0. The Hall–Kier alpha value is -3.21. The average molecular weight is 345 g/mol. The van der Waals surface area contributed by atoms with E-state index < -0.39 is 0 Å². The van der Waals surface area contributed by atoms with E-state index in [1.165, 1.54) is 0 Å². The third-order valence-corrected chi connectivity index (χ3v) is 4.40. The predicted molar refractivity (Wildman–Crippen MR) is 98.9 cm³/mol. The Morgan fingerprint density at radius 2 is 2.00 bits per heavy atom. The van der Waals surface area contributed by atoms with Gasteiger partial charge in [-0.2, -0.15) is 0 Å². The van der Waals surface area contributed by atoms with Gasteiger partial charge in [0, 0.05) is 29.4 Å². The number of ether oxygens (including phenoxy) is 1. The number of benzene rings is 2. The number of carbonyl (C=O) groups excluding carboxylic acids is 1. The van der Waals surface area contributed by atoms with E-state index in [4.69, 9.17) is 4.74 Å². The van der Waals surface area contributed by atoms with E-state index in [9.17, 15) is 4.79 Å². The van der Waals surface area contributed by atoms with Crippen LogP contribution in [0.1, 0.15) is 21.6 Å². The third kappa shape index (κ3) is 3.28. The number of hydrogen-bond acceptors (Lipinski definition) is 4. The third-order valence-electron chi connectivity index (χ3n) is 4.40. The molecule has 0 unspecified atom stereocenters. The van der Waals surface area contributed by atoms with Crippen molar-refractivity contribution in [3.63, 3.8) is 0 Å². The molecule has 0 fully saturated rings. The second kappa shape index (κ2) is 6.96. The lowest BCUT2D eigenvalue weighted by molar-refractivity contribution is 0.0733. The summed E-state index contributed by atoms with van der Waals surface area (Å²) in [5, 5.41) is 0. The van der Waals surface area contributed by atoms with Crippen molar-refractivity contribution in [2.45, 2.75) is 13.5 Å². The number of hydrogen-bond donors (Lipinski definition) is 0. The molecule has 0 saturated carbocycles. The maximum Gasteiger partial charge on any atom is 0.254 e. The summed E-state index contributed by atoms with van der Waals surface area (Å²) in [6, 6.07) is 15.4. The summed E-state index contributed by atoms with van der Waals surface area (Å²) < 4.78 is 5.76. The highest BCUT2D eigenvalue weighted by atomic mass is 16.5. The minimum absolute atomic E-state index is 0.00670. The molecule has 0 aliphatic carbocycles. The number of aromatic nitrogens is 2. The highest BCUT2D eigenvalue weighted by Gasteiger charge is 2.21. The van der Waals surface area contributed by atoms with Gasteiger partial charge in [-0.15, -0.1) is 0 Å². The van der Waals surface area contributed by atoms with Crippen LogP contribution in [-0.4, -0.2) is 33.9 Å². The molecule has 3 aromatic rings. The Bertz CT molecular complexity index is 955. The Morgan fingerprint density at radius 3 is 2.88 bits per heavy atom. The lowest BCUT2D eigenvalue weighted by Crippen LogP contribution is -2.32. The van der Waals surface area contributed by atoms with Crippen molar-refractivity contribution < 1.29 is 9.53 Å². The molecule has 1 amide bonds. The van der Waals surface area contributed by atoms with Gasteiger partial charge in [0.1, 0.15) is 12.4 Å². The van der Waals surface area contributed by atoms with Crippen LogP contribution in [0.5, 0.6) is 5.75 Å². The number of rotatable bonds is 2. The summed E-state index contributed by atoms with van der Waals surface area (Å²) in [5.74, 6) is 0.847. The van der Waals surface area contributed by atoms with Crippen molar-refractivity contribution in [3.8, 4) is 17.0 Å². The topological polar surface area (TPSA) is 55.3 Å². The van der Waals surface area contributed by atoms with Crippen LogP contribution >= 0.6 is 0 Å². The Morgan fingerprint density at radius 1 is 1.12 bits per heavy atom. The maximum atomic E-state index is 13.0. The number of amides is 1. The van der Waals surface area contributed by atoms with Gasteiger partial charge in [0.15, 0.2) is 0 Å². The number of nitrogens with zero attached hydrogens (tertiary/aromatic N) is 3. The predicted octanol–water partition coefficient (Wildman–Crippen LogP) is 3.49. The molecule has 5 nitrogen and oxygen atoms in total. The zero-order chi connectivity index (χ0) is 17.9. The molecule has 26 heavy (non-hydrogen) atoms. The van der Waals surface area contributed by atoms with Gasteiger partial charge in [0.05, 0.1) is 24.1 Å². The number of para-hydroxylation sites is 1. The summed E-state index contributed by atoms with van der Waals surface area (Å²) in [7, 11) is 0. The SMILES string of the molecule is Cc1cncc(-c2cccc(C(=O)N3CCOc4ccccc4C3)c2)n1. The molecule has 1 aliphatic rings. The zero-order valence-corrected chi connectivity index (χ0v) is 14.6. The smallest absolute Gasteiger partial charge is 0.254 e. The average Bonchev–Trinajstić information content (AvgIpc) is 2.90. The molecular formula is C21H19N3O2. The standard InChI is InChI=1S/C21H19N3O2/c1-15-12-22-13-19(23-15)16-6-4-7-17(11-16)21(25)24-9-10-26-20-8-3-2-5-18(20)14-24/h2-8,11-13H,9-10,14H2,1H3. The van der Waals surface area contributed by atoms with Crippen molar-refractivity contribution in [2.24, 2.45) is 0 Å². The molecule has 0 N–H and O–H groups in total. The molecule has 0 spiro atoms. The normalized spacial score (nSPS) is 13.5. The molecule has 0 bridgehead atoms. The minimum atomic E-state index is -0.00670. The minimum Gasteiger partial charge on any atom is -0.491 e. The first-order valence-electron chi connectivity index (χ1n) is 8.60. The van der Waals surface area contributed by atoms with Gasteiger partial charge in [-0.3, -0.25) is 9.78 Å². The molecule has 0 saturated heterocycles. The van der Waals surface area contributed by atoms with Crippen LogP contribution in [0.25, 0.3) is 11.3 Å². The number of fused-ring (bicyclic) bond motifs is 1. The fourth-order valence-electron chi connectivity index (χ4n) is 3.10. The molecule has 130 valence electrons. The van der Waals surface area contributed by atoms with Crippen molar-refractivity contribution in [1.29, 1.82) is 0 Å².